The molecule has 6 heteroatoms. The maximum absolute atomic E-state index is 12.3. The van der Waals surface area contributed by atoms with Gasteiger partial charge >= 0.3 is 6.18 Å². The summed E-state index contributed by atoms with van der Waals surface area (Å²) in [6.45, 7) is 4.45. The van der Waals surface area contributed by atoms with E-state index < -0.39 is 18.5 Å². The third kappa shape index (κ3) is 3.41. The van der Waals surface area contributed by atoms with Gasteiger partial charge in [-0.1, -0.05) is 6.92 Å². The van der Waals surface area contributed by atoms with Crippen molar-refractivity contribution >= 4 is 5.91 Å². The first-order chi connectivity index (χ1) is 8.92. The minimum Gasteiger partial charge on any atom is -0.338 e. The molecule has 1 amide bonds. The number of amides is 1. The van der Waals surface area contributed by atoms with Gasteiger partial charge in [0.2, 0.25) is 5.91 Å². The molecule has 2 saturated heterocycles. The molecule has 0 aromatic heterocycles. The van der Waals surface area contributed by atoms with Crippen molar-refractivity contribution < 1.29 is 18.0 Å². The smallest absolute Gasteiger partial charge is 0.338 e. The first kappa shape index (κ1) is 14.6. The number of halogens is 3. The topological polar surface area (TPSA) is 23.6 Å². The van der Waals surface area contributed by atoms with E-state index in [1.807, 2.05) is 0 Å². The van der Waals surface area contributed by atoms with Crippen molar-refractivity contribution in [2.24, 2.45) is 0 Å². The molecule has 2 rings (SSSR count). The Kier molecular flexibility index (Phi) is 4.38. The van der Waals surface area contributed by atoms with Crippen molar-refractivity contribution in [1.29, 1.82) is 0 Å². The molecule has 0 radical (unpaired) electrons. The fourth-order valence-electron chi connectivity index (χ4n) is 3.46. The lowest BCUT2D eigenvalue weighted by molar-refractivity contribution is -0.162. The molecule has 2 heterocycles. The molecule has 0 bridgehead atoms. The SMILES string of the molecule is CCN1CCC[C@@H]1[C@H]1CCCN1C(=O)CC(F)(F)F. The van der Waals surface area contributed by atoms with Crippen LogP contribution in [0, 0.1) is 0 Å². The van der Waals surface area contributed by atoms with Gasteiger partial charge in [0.25, 0.3) is 0 Å². The van der Waals surface area contributed by atoms with E-state index in [4.69, 9.17) is 0 Å². The highest BCUT2D eigenvalue weighted by molar-refractivity contribution is 5.77. The van der Waals surface area contributed by atoms with Gasteiger partial charge in [-0.05, 0) is 38.8 Å². The van der Waals surface area contributed by atoms with Gasteiger partial charge in [0, 0.05) is 18.6 Å². The van der Waals surface area contributed by atoms with Gasteiger partial charge in [-0.25, -0.2) is 0 Å². The number of likely N-dealkylation sites (N-methyl/N-ethyl adjacent to an activating group) is 1. The number of nitrogens with zero attached hydrogens (tertiary/aromatic N) is 2. The van der Waals surface area contributed by atoms with Crippen LogP contribution < -0.4 is 0 Å². The second-order valence-corrected chi connectivity index (χ2v) is 5.43. The highest BCUT2D eigenvalue weighted by Crippen LogP contribution is 2.31. The summed E-state index contributed by atoms with van der Waals surface area (Å²) < 4.78 is 37.0. The summed E-state index contributed by atoms with van der Waals surface area (Å²) in [6, 6.07) is 0.238. The quantitative estimate of drug-likeness (QED) is 0.791. The fourth-order valence-corrected chi connectivity index (χ4v) is 3.46. The van der Waals surface area contributed by atoms with Gasteiger partial charge in [0.05, 0.1) is 0 Å². The maximum Gasteiger partial charge on any atom is 0.397 e. The monoisotopic (exact) mass is 278 g/mol. The van der Waals surface area contributed by atoms with Crippen molar-refractivity contribution in [2.75, 3.05) is 19.6 Å². The van der Waals surface area contributed by atoms with Gasteiger partial charge in [-0.2, -0.15) is 13.2 Å². The van der Waals surface area contributed by atoms with E-state index in [1.165, 1.54) is 4.90 Å². The average Bonchev–Trinajstić information content (AvgIpc) is 2.94. The molecule has 0 unspecified atom stereocenters. The van der Waals surface area contributed by atoms with Gasteiger partial charge in [0.15, 0.2) is 0 Å². The van der Waals surface area contributed by atoms with Crippen LogP contribution in [0.5, 0.6) is 0 Å². The van der Waals surface area contributed by atoms with Crippen molar-refractivity contribution in [2.45, 2.75) is 57.3 Å². The third-order valence-corrected chi connectivity index (χ3v) is 4.24. The Balaban J connectivity index is 2.02. The van der Waals surface area contributed by atoms with Crippen LogP contribution in [0.25, 0.3) is 0 Å². The van der Waals surface area contributed by atoms with Crippen LogP contribution in [0.2, 0.25) is 0 Å². The van der Waals surface area contributed by atoms with Crippen LogP contribution in [-0.4, -0.2) is 53.6 Å². The third-order valence-electron chi connectivity index (χ3n) is 4.24. The molecular weight excluding hydrogens is 257 g/mol. The van der Waals surface area contributed by atoms with Crippen LogP contribution in [0.1, 0.15) is 39.0 Å². The molecule has 0 aromatic rings. The van der Waals surface area contributed by atoms with E-state index >= 15 is 0 Å². The molecule has 2 aliphatic rings. The lowest BCUT2D eigenvalue weighted by Crippen LogP contribution is -2.48. The molecule has 0 N–H and O–H groups in total. The minimum atomic E-state index is -4.40. The summed E-state index contributed by atoms with van der Waals surface area (Å²) in [4.78, 5) is 15.6. The molecule has 0 aromatic carbocycles. The van der Waals surface area contributed by atoms with E-state index in [9.17, 15) is 18.0 Å². The predicted molar refractivity (Wildman–Crippen MR) is 65.7 cm³/mol. The van der Waals surface area contributed by atoms with E-state index in [0.717, 1.165) is 38.8 Å². The number of hydrogen-bond donors (Lipinski definition) is 0. The van der Waals surface area contributed by atoms with Crippen molar-refractivity contribution in [3.63, 3.8) is 0 Å². The zero-order valence-corrected chi connectivity index (χ0v) is 11.2. The summed E-state index contributed by atoms with van der Waals surface area (Å²) in [5, 5.41) is 0. The highest BCUT2D eigenvalue weighted by Gasteiger charge is 2.42. The lowest BCUT2D eigenvalue weighted by atomic mass is 10.0. The van der Waals surface area contributed by atoms with Gasteiger partial charge in [0.1, 0.15) is 6.42 Å². The van der Waals surface area contributed by atoms with Gasteiger partial charge in [-0.3, -0.25) is 9.69 Å². The van der Waals surface area contributed by atoms with E-state index in [2.05, 4.69) is 11.8 Å². The largest absolute Gasteiger partial charge is 0.397 e. The first-order valence-corrected chi connectivity index (χ1v) is 7.02. The normalized spacial score (nSPS) is 29.2. The number of carbonyl (C=O) groups is 1. The van der Waals surface area contributed by atoms with Crippen LogP contribution in [0.15, 0.2) is 0 Å². The summed E-state index contributed by atoms with van der Waals surface area (Å²) in [7, 11) is 0. The van der Waals surface area contributed by atoms with Crippen LogP contribution >= 0.6 is 0 Å². The molecule has 2 aliphatic heterocycles. The number of rotatable bonds is 3. The number of carbonyl (C=O) groups excluding carboxylic acids is 1. The Morgan fingerprint density at radius 1 is 1.16 bits per heavy atom. The van der Waals surface area contributed by atoms with Crippen LogP contribution in [-0.2, 0) is 4.79 Å². The molecule has 19 heavy (non-hydrogen) atoms. The Hall–Kier alpha value is -0.780. The van der Waals surface area contributed by atoms with Gasteiger partial charge < -0.3 is 4.90 Å². The summed E-state index contributed by atoms with van der Waals surface area (Å²) in [5.41, 5.74) is 0. The van der Waals surface area contributed by atoms with E-state index in [1.54, 1.807) is 0 Å². The predicted octanol–water partition coefficient (Wildman–Crippen LogP) is 2.41. The molecule has 0 saturated carbocycles. The highest BCUT2D eigenvalue weighted by atomic mass is 19.4. The standard InChI is InChI=1S/C13H21F3N2O/c1-2-17-7-3-5-10(17)11-6-4-8-18(11)12(19)9-13(14,15)16/h10-11H,2-9H2,1H3/t10-,11-/m1/s1. The summed E-state index contributed by atoms with van der Waals surface area (Å²) in [6.07, 6.45) is -1.98. The molecular formula is C13H21F3N2O. The van der Waals surface area contributed by atoms with Crippen molar-refractivity contribution in [1.82, 2.24) is 9.80 Å². The zero-order chi connectivity index (χ0) is 14.0. The Morgan fingerprint density at radius 2 is 1.79 bits per heavy atom. The minimum absolute atomic E-state index is 0.0164. The van der Waals surface area contributed by atoms with Crippen molar-refractivity contribution in [3.8, 4) is 0 Å². The van der Waals surface area contributed by atoms with Crippen LogP contribution in [0.3, 0.4) is 0 Å². The molecule has 2 fully saturated rings. The Labute approximate surface area is 111 Å². The number of likely N-dealkylation sites (tertiary alicyclic amines) is 2. The van der Waals surface area contributed by atoms with E-state index in [-0.39, 0.29) is 12.1 Å². The van der Waals surface area contributed by atoms with E-state index in [0.29, 0.717) is 6.54 Å². The van der Waals surface area contributed by atoms with Crippen LogP contribution in [0.4, 0.5) is 13.2 Å². The van der Waals surface area contributed by atoms with Crippen molar-refractivity contribution in [3.05, 3.63) is 0 Å². The lowest BCUT2D eigenvalue weighted by Gasteiger charge is -2.34. The first-order valence-electron chi connectivity index (χ1n) is 7.02. The second-order valence-electron chi connectivity index (χ2n) is 5.43. The Bertz CT molecular complexity index is 332. The molecule has 2 atom stereocenters. The average molecular weight is 278 g/mol. The molecule has 0 spiro atoms. The maximum atomic E-state index is 12.3. The summed E-state index contributed by atoms with van der Waals surface area (Å²) >= 11 is 0. The molecule has 110 valence electrons. The summed E-state index contributed by atoms with van der Waals surface area (Å²) in [5.74, 6) is -0.752. The number of hydrogen-bond acceptors (Lipinski definition) is 2. The zero-order valence-electron chi connectivity index (χ0n) is 11.2. The molecule has 0 aliphatic carbocycles. The fraction of sp³-hybridized carbons (Fsp3) is 0.923. The van der Waals surface area contributed by atoms with Gasteiger partial charge in [-0.15, -0.1) is 0 Å². The number of alkyl halides is 3. The second kappa shape index (κ2) is 5.69. The Morgan fingerprint density at radius 3 is 2.42 bits per heavy atom. The molecule has 3 nitrogen and oxygen atoms in total.